The largest absolute Gasteiger partial charge is 0.447 e. The van der Waals surface area contributed by atoms with Crippen molar-refractivity contribution in [3.8, 4) is 0 Å². The fraction of sp³-hybridized carbons (Fsp3) is 0.444. The number of primary amides is 1. The summed E-state index contributed by atoms with van der Waals surface area (Å²) < 4.78 is 49.3. The van der Waals surface area contributed by atoms with Gasteiger partial charge in [0.05, 0.1) is 22.3 Å². The zero-order chi connectivity index (χ0) is 22.5. The predicted octanol–water partition coefficient (Wildman–Crippen LogP) is 1.88. The predicted molar refractivity (Wildman–Crippen MR) is 107 cm³/mol. The van der Waals surface area contributed by atoms with E-state index in [-0.39, 0.29) is 4.90 Å². The van der Waals surface area contributed by atoms with Crippen LogP contribution in [0.3, 0.4) is 0 Å². The average molecular weight is 448 g/mol. The van der Waals surface area contributed by atoms with Gasteiger partial charge in [-0.05, 0) is 17.0 Å². The number of carbonyl (C=O) groups is 2. The number of carbonyl (C=O) groups excluding carboxylic acids is 2. The summed E-state index contributed by atoms with van der Waals surface area (Å²) in [5.74, 6) is -1.49. The van der Waals surface area contributed by atoms with Crippen LogP contribution in [0.4, 0.5) is 4.79 Å². The van der Waals surface area contributed by atoms with Crippen molar-refractivity contribution in [3.63, 3.8) is 0 Å². The number of hydrogen-bond acceptors (Lipinski definition) is 8. The Morgan fingerprint density at radius 3 is 2.21 bits per heavy atom. The fourth-order valence-electron chi connectivity index (χ4n) is 2.63. The maximum absolute atomic E-state index is 12.8. The SMILES string of the molecule is CC(C)(C)C(CC(=O)OOC(N)=O)S(=O)(=O)CC=Cc1ccccc1S(C)(=O)=O. The molecule has 1 atom stereocenters. The molecule has 1 aromatic rings. The van der Waals surface area contributed by atoms with E-state index in [0.717, 1.165) is 6.26 Å². The van der Waals surface area contributed by atoms with Crippen molar-refractivity contribution in [3.05, 3.63) is 35.9 Å². The topological polar surface area (TPSA) is 147 Å². The Bertz CT molecular complexity index is 989. The summed E-state index contributed by atoms with van der Waals surface area (Å²) in [5, 5.41) is -1.14. The lowest BCUT2D eigenvalue weighted by Crippen LogP contribution is -2.38. The molecule has 0 aromatic heterocycles. The zero-order valence-corrected chi connectivity index (χ0v) is 18.2. The standard InChI is InChI=1S/C18H25NO8S2/c1-18(2,3)15(12-16(20)26-27-17(19)21)29(24,25)11-7-9-13-8-5-6-10-14(13)28(4,22)23/h5-10,15H,11-12H2,1-4H3,(H2,19,21). The molecule has 0 fully saturated rings. The third-order valence-electron chi connectivity index (χ3n) is 3.91. The van der Waals surface area contributed by atoms with Crippen LogP contribution in [-0.2, 0) is 34.2 Å². The van der Waals surface area contributed by atoms with Crippen LogP contribution in [0.5, 0.6) is 0 Å². The number of sulfone groups is 2. The van der Waals surface area contributed by atoms with Crippen molar-refractivity contribution in [2.75, 3.05) is 12.0 Å². The Kier molecular flexibility index (Phi) is 7.98. The zero-order valence-electron chi connectivity index (χ0n) is 16.6. The number of rotatable bonds is 7. The van der Waals surface area contributed by atoms with E-state index in [9.17, 15) is 26.4 Å². The van der Waals surface area contributed by atoms with Crippen LogP contribution in [0.1, 0.15) is 32.8 Å². The molecule has 9 nitrogen and oxygen atoms in total. The Morgan fingerprint density at radius 2 is 1.69 bits per heavy atom. The van der Waals surface area contributed by atoms with Gasteiger partial charge in [0.2, 0.25) is 0 Å². The number of nitrogens with two attached hydrogens (primary N) is 1. The number of amides is 1. The second-order valence-corrected chi connectivity index (χ2v) is 11.7. The maximum atomic E-state index is 12.8. The van der Waals surface area contributed by atoms with Gasteiger partial charge in [-0.25, -0.2) is 36.2 Å². The monoisotopic (exact) mass is 447 g/mol. The van der Waals surface area contributed by atoms with Crippen LogP contribution in [0.15, 0.2) is 35.2 Å². The average Bonchev–Trinajstić information content (AvgIpc) is 2.56. The molecule has 0 spiro atoms. The van der Waals surface area contributed by atoms with E-state index in [1.165, 1.54) is 18.2 Å². The van der Waals surface area contributed by atoms with E-state index in [1.807, 2.05) is 0 Å². The molecule has 1 aromatic carbocycles. The first-order valence-corrected chi connectivity index (χ1v) is 12.1. The van der Waals surface area contributed by atoms with Gasteiger partial charge in [-0.1, -0.05) is 51.1 Å². The highest BCUT2D eigenvalue weighted by atomic mass is 32.2. The van der Waals surface area contributed by atoms with Gasteiger partial charge in [-0.3, -0.25) is 0 Å². The first-order chi connectivity index (χ1) is 13.1. The van der Waals surface area contributed by atoms with E-state index < -0.39 is 54.6 Å². The van der Waals surface area contributed by atoms with Crippen LogP contribution in [0.25, 0.3) is 6.08 Å². The van der Waals surface area contributed by atoms with E-state index in [1.54, 1.807) is 39.0 Å². The Labute approximate surface area is 170 Å². The summed E-state index contributed by atoms with van der Waals surface area (Å²) in [6.07, 6.45) is 1.91. The summed E-state index contributed by atoms with van der Waals surface area (Å²) >= 11 is 0. The quantitative estimate of drug-likeness (QED) is 0.492. The molecule has 2 N–H and O–H groups in total. The second kappa shape index (κ2) is 9.40. The van der Waals surface area contributed by atoms with Gasteiger partial charge in [0, 0.05) is 6.26 Å². The van der Waals surface area contributed by atoms with Gasteiger partial charge >= 0.3 is 12.1 Å². The smallest absolute Gasteiger partial charge is 0.332 e. The number of hydrogen-bond donors (Lipinski definition) is 1. The molecule has 1 rings (SSSR count). The highest BCUT2D eigenvalue weighted by molar-refractivity contribution is 7.92. The van der Waals surface area contributed by atoms with Crippen LogP contribution in [0.2, 0.25) is 0 Å². The van der Waals surface area contributed by atoms with E-state index in [0.29, 0.717) is 5.56 Å². The molecule has 0 bridgehead atoms. The maximum Gasteiger partial charge on any atom is 0.447 e. The normalized spacial score (nSPS) is 13.8. The van der Waals surface area contributed by atoms with E-state index >= 15 is 0 Å². The molecule has 0 heterocycles. The summed E-state index contributed by atoms with van der Waals surface area (Å²) in [6.45, 7) is 4.92. The molecule has 0 saturated carbocycles. The van der Waals surface area contributed by atoms with Crippen LogP contribution >= 0.6 is 0 Å². The Hall–Kier alpha value is -2.40. The first kappa shape index (κ1) is 24.6. The molecule has 162 valence electrons. The first-order valence-electron chi connectivity index (χ1n) is 8.48. The van der Waals surface area contributed by atoms with Crippen LogP contribution in [-0.4, -0.2) is 46.2 Å². The van der Waals surface area contributed by atoms with Gasteiger partial charge in [-0.15, -0.1) is 0 Å². The molecule has 0 radical (unpaired) electrons. The van der Waals surface area contributed by atoms with Crippen LogP contribution in [0, 0.1) is 5.41 Å². The second-order valence-electron chi connectivity index (χ2n) is 7.46. The lowest BCUT2D eigenvalue weighted by Gasteiger charge is -2.29. The summed E-state index contributed by atoms with van der Waals surface area (Å²) in [6, 6.07) is 6.19. The third kappa shape index (κ3) is 7.86. The minimum Gasteiger partial charge on any atom is -0.332 e. The molecule has 1 amide bonds. The lowest BCUT2D eigenvalue weighted by molar-refractivity contribution is -0.231. The highest BCUT2D eigenvalue weighted by Gasteiger charge is 2.38. The molecule has 0 aliphatic carbocycles. The van der Waals surface area contributed by atoms with Crippen molar-refractivity contribution in [1.82, 2.24) is 0 Å². The molecular weight excluding hydrogens is 422 g/mol. The number of benzene rings is 1. The van der Waals surface area contributed by atoms with Crippen LogP contribution < -0.4 is 5.73 Å². The molecule has 0 aliphatic rings. The van der Waals surface area contributed by atoms with Crippen molar-refractivity contribution in [1.29, 1.82) is 0 Å². The van der Waals surface area contributed by atoms with E-state index in [4.69, 9.17) is 5.73 Å². The lowest BCUT2D eigenvalue weighted by atomic mass is 9.90. The van der Waals surface area contributed by atoms with Crippen molar-refractivity contribution < 1.29 is 36.2 Å². The molecule has 29 heavy (non-hydrogen) atoms. The van der Waals surface area contributed by atoms with Crippen molar-refractivity contribution in [2.24, 2.45) is 11.1 Å². The highest BCUT2D eigenvalue weighted by Crippen LogP contribution is 2.29. The van der Waals surface area contributed by atoms with Gasteiger partial charge < -0.3 is 5.73 Å². The molecule has 0 saturated heterocycles. The summed E-state index contributed by atoms with van der Waals surface area (Å²) in [7, 11) is -7.32. The van der Waals surface area contributed by atoms with E-state index in [2.05, 4.69) is 9.78 Å². The minimum absolute atomic E-state index is 0.0770. The molecular formula is C18H25NO8S2. The fourth-order valence-corrected chi connectivity index (χ4v) is 5.58. The minimum atomic E-state index is -3.84. The molecule has 0 aliphatic heterocycles. The Balaban J connectivity index is 3.05. The van der Waals surface area contributed by atoms with Crippen molar-refractivity contribution >= 4 is 37.8 Å². The van der Waals surface area contributed by atoms with Gasteiger partial charge in [0.1, 0.15) is 0 Å². The molecule has 11 heteroatoms. The molecule has 1 unspecified atom stereocenters. The summed E-state index contributed by atoms with van der Waals surface area (Å²) in [5.41, 5.74) is 4.22. The Morgan fingerprint density at radius 1 is 1.10 bits per heavy atom. The van der Waals surface area contributed by atoms with Gasteiger partial charge in [-0.2, -0.15) is 0 Å². The van der Waals surface area contributed by atoms with Gasteiger partial charge in [0.25, 0.3) is 0 Å². The summed E-state index contributed by atoms with van der Waals surface area (Å²) in [4.78, 5) is 30.5. The third-order valence-corrected chi connectivity index (χ3v) is 7.48. The van der Waals surface area contributed by atoms with Crippen molar-refractivity contribution in [2.45, 2.75) is 37.3 Å². The van der Waals surface area contributed by atoms with Gasteiger partial charge in [0.15, 0.2) is 19.7 Å².